The molecule has 10 nitrogen and oxygen atoms in total. The summed E-state index contributed by atoms with van der Waals surface area (Å²) in [6.45, 7) is 6.14. The molecule has 0 radical (unpaired) electrons. The highest BCUT2D eigenvalue weighted by molar-refractivity contribution is 6.34. The number of rotatable bonds is 7. The van der Waals surface area contributed by atoms with Gasteiger partial charge < -0.3 is 19.3 Å². The molecule has 222 valence electrons. The summed E-state index contributed by atoms with van der Waals surface area (Å²) in [5, 5.41) is 0.492. The predicted octanol–water partition coefficient (Wildman–Crippen LogP) is 5.47. The summed E-state index contributed by atoms with van der Waals surface area (Å²) in [6.07, 6.45) is 3.84. The molecule has 0 bridgehead atoms. The van der Waals surface area contributed by atoms with Crippen LogP contribution in [-0.4, -0.2) is 73.3 Å². The van der Waals surface area contributed by atoms with Crippen molar-refractivity contribution in [3.63, 3.8) is 0 Å². The Morgan fingerprint density at radius 3 is 2.47 bits per heavy atom. The Labute approximate surface area is 256 Å². The number of ether oxygens (including phenoxy) is 2. The molecule has 0 unspecified atom stereocenters. The molecular weight excluding hydrogens is 566 g/mol. The number of urea groups is 1. The van der Waals surface area contributed by atoms with Crippen molar-refractivity contribution in [1.82, 2.24) is 19.9 Å². The van der Waals surface area contributed by atoms with Gasteiger partial charge in [0, 0.05) is 44.4 Å². The molecular formula is C32H34ClN7O3. The minimum Gasteiger partial charge on any atom is -0.495 e. The molecule has 0 spiro atoms. The summed E-state index contributed by atoms with van der Waals surface area (Å²) in [7, 11) is 5.42. The smallest absolute Gasteiger partial charge is 0.336 e. The van der Waals surface area contributed by atoms with Crippen LogP contribution in [0.15, 0.2) is 60.9 Å². The summed E-state index contributed by atoms with van der Waals surface area (Å²) < 4.78 is 11.1. The largest absolute Gasteiger partial charge is 0.495 e. The lowest BCUT2D eigenvalue weighted by Gasteiger charge is -2.36. The average molecular weight is 600 g/mol. The van der Waals surface area contributed by atoms with E-state index in [1.165, 1.54) is 4.90 Å². The number of aryl methyl sites for hydroxylation is 1. The lowest BCUT2D eigenvalue weighted by Crippen LogP contribution is -2.46. The molecule has 2 aliphatic heterocycles. The van der Waals surface area contributed by atoms with Crippen molar-refractivity contribution >= 4 is 40.6 Å². The van der Waals surface area contributed by atoms with Crippen LogP contribution in [0, 0.1) is 6.92 Å². The van der Waals surface area contributed by atoms with Crippen molar-refractivity contribution in [2.24, 2.45) is 0 Å². The van der Waals surface area contributed by atoms with Crippen LogP contribution in [0.5, 0.6) is 11.5 Å². The van der Waals surface area contributed by atoms with Gasteiger partial charge in [0.25, 0.3) is 0 Å². The fraction of sp³-hybridized carbons (Fsp3) is 0.312. The predicted molar refractivity (Wildman–Crippen MR) is 168 cm³/mol. The first-order valence-corrected chi connectivity index (χ1v) is 14.6. The second kappa shape index (κ2) is 12.1. The van der Waals surface area contributed by atoms with Crippen LogP contribution in [-0.2, 0) is 13.0 Å². The molecule has 0 N–H and O–H groups in total. The van der Waals surface area contributed by atoms with Crippen molar-refractivity contribution in [3.05, 3.63) is 88.5 Å². The van der Waals surface area contributed by atoms with Gasteiger partial charge in [-0.05, 0) is 55.4 Å². The molecule has 2 aromatic carbocycles. The summed E-state index contributed by atoms with van der Waals surface area (Å²) >= 11 is 6.60. The van der Waals surface area contributed by atoms with E-state index in [1.807, 2.05) is 25.1 Å². The Morgan fingerprint density at radius 1 is 0.953 bits per heavy atom. The van der Waals surface area contributed by atoms with Crippen molar-refractivity contribution in [2.45, 2.75) is 19.9 Å². The maximum absolute atomic E-state index is 14.1. The third-order valence-corrected chi connectivity index (χ3v) is 8.25. The van der Waals surface area contributed by atoms with E-state index >= 15 is 0 Å². The Hall–Kier alpha value is -4.41. The molecule has 1 fully saturated rings. The minimum absolute atomic E-state index is 0.277. The van der Waals surface area contributed by atoms with E-state index in [9.17, 15) is 4.79 Å². The van der Waals surface area contributed by atoms with Crippen LogP contribution in [0.3, 0.4) is 0 Å². The zero-order valence-electron chi connectivity index (χ0n) is 24.7. The lowest BCUT2D eigenvalue weighted by atomic mass is 10.1. The number of anilines is 4. The zero-order valence-corrected chi connectivity index (χ0v) is 25.5. The van der Waals surface area contributed by atoms with E-state index in [1.54, 1.807) is 49.7 Å². The number of hydrogen-bond acceptors (Lipinski definition) is 8. The summed E-state index contributed by atoms with van der Waals surface area (Å²) in [5.41, 5.74) is 4.42. The summed E-state index contributed by atoms with van der Waals surface area (Å²) in [4.78, 5) is 36.2. The number of nitrogens with zero attached hydrogens (tertiary/aromatic N) is 7. The number of methoxy groups -OCH3 is 2. The quantitative estimate of drug-likeness (QED) is 0.276. The van der Waals surface area contributed by atoms with E-state index in [0.29, 0.717) is 40.3 Å². The molecule has 11 heteroatoms. The molecule has 6 rings (SSSR count). The number of hydrogen-bond donors (Lipinski definition) is 0. The highest BCUT2D eigenvalue weighted by Crippen LogP contribution is 2.39. The van der Waals surface area contributed by atoms with Gasteiger partial charge in [-0.1, -0.05) is 29.8 Å². The van der Waals surface area contributed by atoms with Gasteiger partial charge >= 0.3 is 6.03 Å². The zero-order chi connectivity index (χ0) is 30.1. The first-order chi connectivity index (χ1) is 20.9. The van der Waals surface area contributed by atoms with E-state index in [4.69, 9.17) is 31.0 Å². The van der Waals surface area contributed by atoms with Crippen LogP contribution in [0.1, 0.15) is 22.5 Å². The molecule has 4 aromatic rings. The normalized spacial score (nSPS) is 15.5. The Kier molecular flexibility index (Phi) is 8.05. The second-order valence-corrected chi connectivity index (χ2v) is 11.2. The molecule has 1 saturated heterocycles. The standard InChI is InChI=1S/C32H34ClN7O3/c1-21-6-5-7-25(33)30(21)39-20-23-18-34-28(36-31(23)40(32(39)41)29-11-9-24(42-3)19-35-29)17-22-8-10-26(27(16-22)43-4)38-14-12-37(2)13-15-38/h5-11,16,18-19H,12-15,17,20H2,1-4H3. The van der Waals surface area contributed by atoms with Crippen molar-refractivity contribution in [3.8, 4) is 11.5 Å². The number of carbonyl (C=O) groups is 1. The summed E-state index contributed by atoms with van der Waals surface area (Å²) in [6, 6.07) is 15.0. The van der Waals surface area contributed by atoms with Crippen LogP contribution < -0.4 is 24.2 Å². The summed E-state index contributed by atoms with van der Waals surface area (Å²) in [5.74, 6) is 2.91. The number of piperazine rings is 1. The van der Waals surface area contributed by atoms with Gasteiger partial charge in [-0.15, -0.1) is 0 Å². The first kappa shape index (κ1) is 28.7. The number of halogens is 1. The van der Waals surface area contributed by atoms with Crippen molar-refractivity contribution in [1.29, 1.82) is 0 Å². The number of benzene rings is 2. The lowest BCUT2D eigenvalue weighted by molar-refractivity contribution is 0.252. The van der Waals surface area contributed by atoms with Gasteiger partial charge in [0.2, 0.25) is 0 Å². The van der Waals surface area contributed by atoms with E-state index in [-0.39, 0.29) is 12.6 Å². The van der Waals surface area contributed by atoms with Crippen molar-refractivity contribution in [2.75, 3.05) is 62.1 Å². The van der Waals surface area contributed by atoms with Gasteiger partial charge in [-0.25, -0.2) is 24.6 Å². The Balaban J connectivity index is 1.35. The number of likely N-dealkylation sites (N-methyl/N-ethyl adjacent to an activating group) is 1. The number of carbonyl (C=O) groups excluding carboxylic acids is 1. The Morgan fingerprint density at radius 2 is 1.77 bits per heavy atom. The van der Waals surface area contributed by atoms with E-state index in [0.717, 1.165) is 54.3 Å². The highest BCUT2D eigenvalue weighted by atomic mass is 35.5. The Bertz CT molecular complexity index is 1620. The van der Waals surface area contributed by atoms with Gasteiger partial charge in [0.05, 0.1) is 43.4 Å². The maximum atomic E-state index is 14.1. The van der Waals surface area contributed by atoms with Gasteiger partial charge in [-0.2, -0.15) is 0 Å². The average Bonchev–Trinajstić information content (AvgIpc) is 3.02. The molecule has 2 amide bonds. The number of aromatic nitrogens is 3. The van der Waals surface area contributed by atoms with E-state index < -0.39 is 0 Å². The third kappa shape index (κ3) is 5.68. The molecule has 4 heterocycles. The molecule has 2 aromatic heterocycles. The topological polar surface area (TPSA) is 87.2 Å². The van der Waals surface area contributed by atoms with Gasteiger partial charge in [0.15, 0.2) is 5.82 Å². The SMILES string of the molecule is COc1ccc(N2C(=O)N(c3c(C)cccc3Cl)Cc3cnc(Cc4ccc(N5CCN(C)CC5)c(OC)c4)nc32)nc1. The first-order valence-electron chi connectivity index (χ1n) is 14.2. The fourth-order valence-electron chi connectivity index (χ4n) is 5.57. The number of para-hydroxylation sites is 1. The number of fused-ring (bicyclic) bond motifs is 1. The number of pyridine rings is 1. The van der Waals surface area contributed by atoms with Crippen molar-refractivity contribution < 1.29 is 14.3 Å². The highest BCUT2D eigenvalue weighted by Gasteiger charge is 2.36. The second-order valence-electron chi connectivity index (χ2n) is 10.8. The molecule has 0 aliphatic carbocycles. The maximum Gasteiger partial charge on any atom is 0.336 e. The van der Waals surface area contributed by atoms with Crippen LogP contribution in [0.4, 0.5) is 27.8 Å². The fourth-order valence-corrected chi connectivity index (χ4v) is 5.89. The van der Waals surface area contributed by atoms with Crippen LogP contribution in [0.25, 0.3) is 0 Å². The molecule has 0 atom stereocenters. The molecule has 43 heavy (non-hydrogen) atoms. The molecule has 2 aliphatic rings. The van der Waals surface area contributed by atoms with Gasteiger partial charge in [-0.3, -0.25) is 4.90 Å². The van der Waals surface area contributed by atoms with Gasteiger partial charge in [0.1, 0.15) is 23.1 Å². The molecule has 0 saturated carbocycles. The third-order valence-electron chi connectivity index (χ3n) is 7.95. The van der Waals surface area contributed by atoms with Crippen LogP contribution in [0.2, 0.25) is 5.02 Å². The van der Waals surface area contributed by atoms with Crippen LogP contribution >= 0.6 is 11.6 Å². The minimum atomic E-state index is -0.302. The monoisotopic (exact) mass is 599 g/mol. The number of amides is 2. The van der Waals surface area contributed by atoms with E-state index in [2.05, 4.69) is 34.0 Å².